The van der Waals surface area contributed by atoms with Crippen molar-refractivity contribution in [3.63, 3.8) is 0 Å². The van der Waals surface area contributed by atoms with Gasteiger partial charge in [0.05, 0.1) is 6.54 Å². The fourth-order valence-electron chi connectivity index (χ4n) is 1.74. The van der Waals surface area contributed by atoms with Gasteiger partial charge in [-0.1, -0.05) is 19.4 Å². The van der Waals surface area contributed by atoms with Crippen molar-refractivity contribution in [1.82, 2.24) is 15.5 Å². The van der Waals surface area contributed by atoms with Crippen LogP contribution in [0.2, 0.25) is 0 Å². The summed E-state index contributed by atoms with van der Waals surface area (Å²) in [5, 5.41) is 13.4. The van der Waals surface area contributed by atoms with Crippen LogP contribution in [0, 0.1) is 6.92 Å². The number of hydrogen-bond donors (Lipinski definition) is 1. The molecular formula is C12H17N3OS. The van der Waals surface area contributed by atoms with Gasteiger partial charge < -0.3 is 9.73 Å². The highest BCUT2D eigenvalue weighted by atomic mass is 32.1. The molecule has 0 spiro atoms. The van der Waals surface area contributed by atoms with Crippen LogP contribution in [0.25, 0.3) is 0 Å². The molecule has 2 aromatic rings. The third-order valence-electron chi connectivity index (χ3n) is 2.53. The Hall–Kier alpha value is -1.20. The second-order valence-electron chi connectivity index (χ2n) is 3.95. The maximum absolute atomic E-state index is 5.35. The molecule has 0 amide bonds. The largest absolute Gasteiger partial charge is 0.424 e. The number of nitrogens with one attached hydrogen (secondary N) is 1. The molecule has 1 N–H and O–H groups in total. The number of hydrogen-bond acceptors (Lipinski definition) is 5. The predicted molar refractivity (Wildman–Crippen MR) is 67.8 cm³/mol. The van der Waals surface area contributed by atoms with E-state index in [1.807, 2.05) is 0 Å². The summed E-state index contributed by atoms with van der Waals surface area (Å²) in [6.07, 6.45) is 2.27. The van der Waals surface area contributed by atoms with Crippen LogP contribution in [0.3, 0.4) is 0 Å². The number of thiophene rings is 1. The van der Waals surface area contributed by atoms with E-state index in [0.29, 0.717) is 24.4 Å². The van der Waals surface area contributed by atoms with E-state index in [2.05, 4.69) is 40.0 Å². The van der Waals surface area contributed by atoms with Gasteiger partial charge in [-0.2, -0.15) is 0 Å². The Morgan fingerprint density at radius 3 is 2.94 bits per heavy atom. The normalized spacial score (nSPS) is 12.8. The summed E-state index contributed by atoms with van der Waals surface area (Å²) in [5.41, 5.74) is 0. The van der Waals surface area contributed by atoms with Crippen molar-refractivity contribution in [1.29, 1.82) is 0 Å². The fraction of sp³-hybridized carbons (Fsp3) is 0.500. The third kappa shape index (κ3) is 3.38. The lowest BCUT2D eigenvalue weighted by Gasteiger charge is -2.15. The van der Waals surface area contributed by atoms with Gasteiger partial charge in [-0.15, -0.1) is 21.5 Å². The van der Waals surface area contributed by atoms with Crippen molar-refractivity contribution >= 4 is 11.3 Å². The summed E-state index contributed by atoms with van der Waals surface area (Å²) >= 11 is 1.78. The average Bonchev–Trinajstić information content (AvgIpc) is 2.95. The monoisotopic (exact) mass is 251 g/mol. The molecule has 2 heterocycles. The van der Waals surface area contributed by atoms with Crippen LogP contribution >= 0.6 is 11.3 Å². The molecule has 0 aliphatic heterocycles. The zero-order valence-corrected chi connectivity index (χ0v) is 11.0. The Kier molecular flexibility index (Phi) is 4.28. The first kappa shape index (κ1) is 12.3. The van der Waals surface area contributed by atoms with Gasteiger partial charge in [0.1, 0.15) is 0 Å². The molecule has 1 unspecified atom stereocenters. The summed E-state index contributed by atoms with van der Waals surface area (Å²) in [4.78, 5) is 1.36. The predicted octanol–water partition coefficient (Wildman–Crippen LogP) is 3.07. The second-order valence-corrected chi connectivity index (χ2v) is 4.93. The van der Waals surface area contributed by atoms with Gasteiger partial charge in [-0.05, 0) is 17.9 Å². The number of aryl methyl sites for hydroxylation is 1. The molecule has 92 valence electrons. The minimum Gasteiger partial charge on any atom is -0.424 e. The number of rotatable bonds is 6. The van der Waals surface area contributed by atoms with Crippen molar-refractivity contribution in [2.75, 3.05) is 0 Å². The van der Waals surface area contributed by atoms with Gasteiger partial charge in [0, 0.05) is 17.8 Å². The average molecular weight is 251 g/mol. The molecule has 0 aliphatic carbocycles. The molecule has 4 nitrogen and oxygen atoms in total. The fourth-order valence-corrected chi connectivity index (χ4v) is 2.58. The molecule has 2 aromatic heterocycles. The van der Waals surface area contributed by atoms with E-state index in [9.17, 15) is 0 Å². The van der Waals surface area contributed by atoms with Crippen LogP contribution in [-0.4, -0.2) is 10.2 Å². The number of aromatic nitrogens is 2. The highest BCUT2D eigenvalue weighted by Crippen LogP contribution is 2.23. The second kappa shape index (κ2) is 5.93. The molecule has 0 saturated carbocycles. The maximum Gasteiger partial charge on any atom is 0.230 e. The Balaban J connectivity index is 1.94. The van der Waals surface area contributed by atoms with E-state index in [1.165, 1.54) is 4.88 Å². The van der Waals surface area contributed by atoms with E-state index in [0.717, 1.165) is 12.8 Å². The van der Waals surface area contributed by atoms with Crippen molar-refractivity contribution < 1.29 is 4.42 Å². The summed E-state index contributed by atoms with van der Waals surface area (Å²) in [6.45, 7) is 4.63. The molecule has 5 heteroatoms. The minimum absolute atomic E-state index is 0.382. The molecule has 2 rings (SSSR count). The summed E-state index contributed by atoms with van der Waals surface area (Å²) in [5.74, 6) is 1.27. The van der Waals surface area contributed by atoms with Gasteiger partial charge in [0.15, 0.2) is 0 Å². The van der Waals surface area contributed by atoms with Gasteiger partial charge in [-0.3, -0.25) is 0 Å². The Morgan fingerprint density at radius 2 is 2.35 bits per heavy atom. The van der Waals surface area contributed by atoms with Gasteiger partial charge in [0.25, 0.3) is 0 Å². The molecular weight excluding hydrogens is 234 g/mol. The van der Waals surface area contributed by atoms with Crippen LogP contribution in [0.15, 0.2) is 21.9 Å². The Morgan fingerprint density at radius 1 is 1.47 bits per heavy atom. The minimum atomic E-state index is 0.382. The van der Waals surface area contributed by atoms with Crippen molar-refractivity contribution in [3.8, 4) is 0 Å². The molecule has 17 heavy (non-hydrogen) atoms. The quantitative estimate of drug-likeness (QED) is 0.857. The van der Waals surface area contributed by atoms with E-state index in [1.54, 1.807) is 18.3 Å². The Labute approximate surface area is 105 Å². The van der Waals surface area contributed by atoms with Crippen molar-refractivity contribution in [3.05, 3.63) is 34.2 Å². The topological polar surface area (TPSA) is 51.0 Å². The summed E-state index contributed by atoms with van der Waals surface area (Å²) in [6, 6.07) is 4.63. The van der Waals surface area contributed by atoms with Gasteiger partial charge in [0.2, 0.25) is 11.8 Å². The van der Waals surface area contributed by atoms with Crippen LogP contribution in [0.5, 0.6) is 0 Å². The van der Waals surface area contributed by atoms with E-state index in [-0.39, 0.29) is 0 Å². The maximum atomic E-state index is 5.35. The molecule has 0 aliphatic rings. The molecule has 0 saturated heterocycles. The van der Waals surface area contributed by atoms with Crippen molar-refractivity contribution in [2.45, 2.75) is 39.3 Å². The van der Waals surface area contributed by atoms with Crippen LogP contribution in [-0.2, 0) is 6.54 Å². The molecule has 0 radical (unpaired) electrons. The molecule has 0 bridgehead atoms. The van der Waals surface area contributed by atoms with Crippen LogP contribution in [0.4, 0.5) is 0 Å². The lowest BCUT2D eigenvalue weighted by molar-refractivity contribution is 0.414. The third-order valence-corrected chi connectivity index (χ3v) is 3.52. The summed E-state index contributed by atoms with van der Waals surface area (Å²) < 4.78 is 5.35. The SMILES string of the molecule is CCCC(NCc1nnc(C)o1)c1cccs1. The zero-order valence-electron chi connectivity index (χ0n) is 10.1. The first-order chi connectivity index (χ1) is 8.29. The van der Waals surface area contributed by atoms with Gasteiger partial charge >= 0.3 is 0 Å². The standard InChI is InChI=1S/C12H17N3OS/c1-3-5-10(11-6-4-7-17-11)13-8-12-15-14-9(2)16-12/h4,6-7,10,13H,3,5,8H2,1-2H3. The van der Waals surface area contributed by atoms with Crippen LogP contribution in [0.1, 0.15) is 42.5 Å². The highest BCUT2D eigenvalue weighted by Gasteiger charge is 2.12. The molecule has 0 fully saturated rings. The van der Waals surface area contributed by atoms with E-state index < -0.39 is 0 Å². The van der Waals surface area contributed by atoms with Gasteiger partial charge in [-0.25, -0.2) is 0 Å². The number of nitrogens with zero attached hydrogens (tertiary/aromatic N) is 2. The molecule has 1 atom stereocenters. The smallest absolute Gasteiger partial charge is 0.230 e. The summed E-state index contributed by atoms with van der Waals surface area (Å²) in [7, 11) is 0. The van der Waals surface area contributed by atoms with Crippen molar-refractivity contribution in [2.24, 2.45) is 0 Å². The zero-order chi connectivity index (χ0) is 12.1. The first-order valence-electron chi connectivity index (χ1n) is 5.85. The lowest BCUT2D eigenvalue weighted by Crippen LogP contribution is -2.20. The van der Waals surface area contributed by atoms with E-state index in [4.69, 9.17) is 4.42 Å². The van der Waals surface area contributed by atoms with Crippen LogP contribution < -0.4 is 5.32 Å². The lowest BCUT2D eigenvalue weighted by atomic mass is 10.1. The van der Waals surface area contributed by atoms with E-state index >= 15 is 0 Å². The highest BCUT2D eigenvalue weighted by molar-refractivity contribution is 7.10. The first-order valence-corrected chi connectivity index (χ1v) is 6.73. The Bertz CT molecular complexity index is 438. The molecule has 0 aromatic carbocycles.